The van der Waals surface area contributed by atoms with Gasteiger partial charge in [0.15, 0.2) is 11.2 Å². The van der Waals surface area contributed by atoms with Crippen LogP contribution in [0.5, 0.6) is 5.75 Å². The molecule has 0 bridgehead atoms. The zero-order chi connectivity index (χ0) is 19.6. The van der Waals surface area contributed by atoms with Crippen LogP contribution in [0.15, 0.2) is 27.8 Å². The Morgan fingerprint density at radius 1 is 1.19 bits per heavy atom. The SMILES string of the molecule is CCCCn1c(=O)[nH]c(=O)c2c1nc(COc1cc(Cl)ccc1Cl)n2CC. The maximum Gasteiger partial charge on any atom is 0.330 e. The molecule has 0 aliphatic heterocycles. The molecule has 1 N–H and O–H groups in total. The lowest BCUT2D eigenvalue weighted by Crippen LogP contribution is -2.31. The fourth-order valence-electron chi connectivity index (χ4n) is 2.92. The van der Waals surface area contributed by atoms with Gasteiger partial charge < -0.3 is 9.30 Å². The number of rotatable bonds is 7. The van der Waals surface area contributed by atoms with E-state index < -0.39 is 11.2 Å². The monoisotopic (exact) mass is 410 g/mol. The molecule has 3 aromatic rings. The van der Waals surface area contributed by atoms with E-state index in [1.165, 1.54) is 4.57 Å². The summed E-state index contributed by atoms with van der Waals surface area (Å²) in [7, 11) is 0. The molecular formula is C18H20Cl2N4O3. The van der Waals surface area contributed by atoms with E-state index in [0.717, 1.165) is 12.8 Å². The van der Waals surface area contributed by atoms with Gasteiger partial charge in [-0.1, -0.05) is 36.5 Å². The molecule has 0 aliphatic carbocycles. The van der Waals surface area contributed by atoms with Crippen LogP contribution in [0.25, 0.3) is 11.2 Å². The first kappa shape index (κ1) is 19.5. The van der Waals surface area contributed by atoms with Gasteiger partial charge in [-0.05, 0) is 25.5 Å². The molecule has 3 rings (SSSR count). The molecule has 0 saturated carbocycles. The molecule has 0 amide bonds. The van der Waals surface area contributed by atoms with Gasteiger partial charge in [-0.15, -0.1) is 0 Å². The number of nitrogens with one attached hydrogen (secondary N) is 1. The van der Waals surface area contributed by atoms with Gasteiger partial charge in [0, 0.05) is 24.2 Å². The first-order valence-electron chi connectivity index (χ1n) is 8.76. The first-order valence-corrected chi connectivity index (χ1v) is 9.51. The van der Waals surface area contributed by atoms with Crippen LogP contribution in [0, 0.1) is 0 Å². The average molecular weight is 411 g/mol. The molecule has 2 heterocycles. The van der Waals surface area contributed by atoms with E-state index in [0.29, 0.717) is 45.9 Å². The Hall–Kier alpha value is -2.25. The number of aryl methyl sites for hydroxylation is 2. The summed E-state index contributed by atoms with van der Waals surface area (Å²) in [6.45, 7) is 5.02. The van der Waals surface area contributed by atoms with Gasteiger partial charge in [0.25, 0.3) is 5.56 Å². The molecule has 0 unspecified atom stereocenters. The number of hydrogen-bond acceptors (Lipinski definition) is 4. The quantitative estimate of drug-likeness (QED) is 0.644. The van der Waals surface area contributed by atoms with Crippen molar-refractivity contribution in [2.24, 2.45) is 0 Å². The molecule has 27 heavy (non-hydrogen) atoms. The number of benzene rings is 1. The summed E-state index contributed by atoms with van der Waals surface area (Å²) < 4.78 is 9.01. The van der Waals surface area contributed by atoms with Crippen LogP contribution in [0.2, 0.25) is 10.0 Å². The summed E-state index contributed by atoms with van der Waals surface area (Å²) in [5, 5.41) is 0.930. The summed E-state index contributed by atoms with van der Waals surface area (Å²) in [6.07, 6.45) is 1.73. The van der Waals surface area contributed by atoms with Crippen molar-refractivity contribution < 1.29 is 4.74 Å². The second kappa shape index (κ2) is 8.19. The van der Waals surface area contributed by atoms with E-state index in [-0.39, 0.29) is 6.61 Å². The number of nitrogens with zero attached hydrogens (tertiary/aromatic N) is 3. The standard InChI is InChI=1S/C18H20Cl2N4O3/c1-3-5-8-24-16-15(17(25)22-18(24)26)23(4-2)14(21-16)10-27-13-9-11(19)6-7-12(13)20/h6-7,9H,3-5,8,10H2,1-2H3,(H,22,25,26). The molecule has 0 aliphatic rings. The second-order valence-corrected chi connectivity index (χ2v) is 6.92. The minimum Gasteiger partial charge on any atom is -0.484 e. The Morgan fingerprint density at radius 2 is 1.96 bits per heavy atom. The molecule has 0 atom stereocenters. The second-order valence-electron chi connectivity index (χ2n) is 6.07. The smallest absolute Gasteiger partial charge is 0.330 e. The maximum absolute atomic E-state index is 12.4. The number of ether oxygens (including phenoxy) is 1. The molecule has 2 aromatic heterocycles. The van der Waals surface area contributed by atoms with Crippen LogP contribution in [0.1, 0.15) is 32.5 Å². The molecule has 0 spiro atoms. The van der Waals surface area contributed by atoms with Crippen molar-refractivity contribution in [1.29, 1.82) is 0 Å². The fraction of sp³-hybridized carbons (Fsp3) is 0.389. The van der Waals surface area contributed by atoms with Crippen molar-refractivity contribution in [3.8, 4) is 5.75 Å². The normalized spacial score (nSPS) is 11.3. The Kier molecular flexibility index (Phi) is 5.92. The van der Waals surface area contributed by atoms with Gasteiger partial charge >= 0.3 is 5.69 Å². The van der Waals surface area contributed by atoms with E-state index in [1.807, 2.05) is 13.8 Å². The van der Waals surface area contributed by atoms with Crippen molar-refractivity contribution in [2.75, 3.05) is 0 Å². The van der Waals surface area contributed by atoms with Crippen molar-refractivity contribution in [2.45, 2.75) is 46.4 Å². The lowest BCUT2D eigenvalue weighted by Gasteiger charge is -2.09. The fourth-order valence-corrected chi connectivity index (χ4v) is 3.26. The highest BCUT2D eigenvalue weighted by Gasteiger charge is 2.18. The minimum absolute atomic E-state index is 0.0873. The highest BCUT2D eigenvalue weighted by atomic mass is 35.5. The summed E-state index contributed by atoms with van der Waals surface area (Å²) in [6, 6.07) is 4.94. The van der Waals surface area contributed by atoms with Crippen molar-refractivity contribution in [1.82, 2.24) is 19.1 Å². The van der Waals surface area contributed by atoms with Crippen LogP contribution in [0.4, 0.5) is 0 Å². The van der Waals surface area contributed by atoms with Crippen LogP contribution in [0.3, 0.4) is 0 Å². The number of aromatic amines is 1. The number of unbranched alkanes of at least 4 members (excludes halogenated alkanes) is 1. The van der Waals surface area contributed by atoms with Gasteiger partial charge in [-0.2, -0.15) is 0 Å². The minimum atomic E-state index is -0.455. The van der Waals surface area contributed by atoms with Gasteiger partial charge in [-0.3, -0.25) is 14.3 Å². The number of hydrogen-bond donors (Lipinski definition) is 1. The topological polar surface area (TPSA) is 81.9 Å². The lowest BCUT2D eigenvalue weighted by molar-refractivity contribution is 0.291. The number of H-pyrrole nitrogens is 1. The first-order chi connectivity index (χ1) is 13.0. The molecule has 7 nitrogen and oxygen atoms in total. The number of fused-ring (bicyclic) bond motifs is 1. The van der Waals surface area contributed by atoms with E-state index in [1.54, 1.807) is 22.8 Å². The van der Waals surface area contributed by atoms with Crippen molar-refractivity contribution in [3.05, 3.63) is 54.9 Å². The summed E-state index contributed by atoms with van der Waals surface area (Å²) >= 11 is 12.1. The lowest BCUT2D eigenvalue weighted by atomic mass is 10.3. The predicted octanol–water partition coefficient (Wildman–Crippen LogP) is 3.59. The van der Waals surface area contributed by atoms with E-state index in [9.17, 15) is 9.59 Å². The van der Waals surface area contributed by atoms with Crippen molar-refractivity contribution in [3.63, 3.8) is 0 Å². The zero-order valence-corrected chi connectivity index (χ0v) is 16.6. The van der Waals surface area contributed by atoms with Crippen LogP contribution < -0.4 is 16.0 Å². The highest BCUT2D eigenvalue weighted by molar-refractivity contribution is 6.34. The van der Waals surface area contributed by atoms with Gasteiger partial charge in [-0.25, -0.2) is 9.78 Å². The largest absolute Gasteiger partial charge is 0.484 e. The third-order valence-electron chi connectivity index (χ3n) is 4.27. The average Bonchev–Trinajstić information content (AvgIpc) is 3.01. The summed E-state index contributed by atoms with van der Waals surface area (Å²) in [5.74, 6) is 0.959. The third-order valence-corrected chi connectivity index (χ3v) is 4.81. The third kappa shape index (κ3) is 3.89. The molecule has 9 heteroatoms. The van der Waals surface area contributed by atoms with Crippen LogP contribution in [-0.4, -0.2) is 19.1 Å². The number of halogens is 2. The Bertz CT molecular complexity index is 1080. The summed E-state index contributed by atoms with van der Waals surface area (Å²) in [4.78, 5) is 31.5. The van der Waals surface area contributed by atoms with Gasteiger partial charge in [0.2, 0.25) is 0 Å². The zero-order valence-electron chi connectivity index (χ0n) is 15.1. The molecular weight excluding hydrogens is 391 g/mol. The maximum atomic E-state index is 12.4. The van der Waals surface area contributed by atoms with Crippen molar-refractivity contribution >= 4 is 34.4 Å². The van der Waals surface area contributed by atoms with E-state index in [2.05, 4.69) is 9.97 Å². The van der Waals surface area contributed by atoms with Gasteiger partial charge in [0.05, 0.1) is 5.02 Å². The Labute approximate surface area is 165 Å². The summed E-state index contributed by atoms with van der Waals surface area (Å²) in [5.41, 5.74) is -0.171. The Morgan fingerprint density at radius 3 is 2.67 bits per heavy atom. The van der Waals surface area contributed by atoms with Crippen LogP contribution in [-0.2, 0) is 19.7 Å². The molecule has 0 fully saturated rings. The Balaban J connectivity index is 2.05. The van der Waals surface area contributed by atoms with E-state index >= 15 is 0 Å². The predicted molar refractivity (Wildman–Crippen MR) is 106 cm³/mol. The van der Waals surface area contributed by atoms with E-state index in [4.69, 9.17) is 27.9 Å². The molecule has 1 aromatic carbocycles. The molecule has 144 valence electrons. The number of aromatic nitrogens is 4. The molecule has 0 saturated heterocycles. The number of imidazole rings is 1. The van der Waals surface area contributed by atoms with Gasteiger partial charge in [0.1, 0.15) is 18.2 Å². The molecule has 0 radical (unpaired) electrons. The van der Waals surface area contributed by atoms with Crippen LogP contribution >= 0.6 is 23.2 Å². The highest BCUT2D eigenvalue weighted by Crippen LogP contribution is 2.28.